The lowest BCUT2D eigenvalue weighted by Gasteiger charge is -2.44. The predicted molar refractivity (Wildman–Crippen MR) is 146 cm³/mol. The first-order chi connectivity index (χ1) is 17.1. The Balaban J connectivity index is 0.000000167. The molecule has 0 aromatic carbocycles. The quantitative estimate of drug-likeness (QED) is 0.527. The molecule has 0 amide bonds. The van der Waals surface area contributed by atoms with Crippen LogP contribution >= 0.6 is 0 Å². The zero-order chi connectivity index (χ0) is 24.8. The van der Waals surface area contributed by atoms with Gasteiger partial charge in [-0.25, -0.2) is 9.97 Å². The van der Waals surface area contributed by atoms with E-state index >= 15 is 0 Å². The number of hydrogen-bond donors (Lipinski definition) is 2. The zero-order valence-corrected chi connectivity index (χ0v) is 21.9. The molecule has 1 spiro atoms. The Kier molecular flexibility index (Phi) is 8.06. The third-order valence-corrected chi connectivity index (χ3v) is 7.24. The van der Waals surface area contributed by atoms with Crippen molar-refractivity contribution in [3.63, 3.8) is 0 Å². The summed E-state index contributed by atoms with van der Waals surface area (Å²) in [4.78, 5) is 15.7. The third-order valence-electron chi connectivity index (χ3n) is 7.24. The summed E-state index contributed by atoms with van der Waals surface area (Å²) in [6.07, 6.45) is 10.3. The second kappa shape index (κ2) is 11.2. The Hall–Kier alpha value is -2.93. The van der Waals surface area contributed by atoms with Gasteiger partial charge in [0.25, 0.3) is 0 Å². The lowest BCUT2D eigenvalue weighted by molar-refractivity contribution is 0.189. The highest BCUT2D eigenvalue weighted by atomic mass is 15.2. The van der Waals surface area contributed by atoms with Crippen LogP contribution in [-0.4, -0.2) is 52.2 Å². The van der Waals surface area contributed by atoms with E-state index in [2.05, 4.69) is 54.8 Å². The summed E-state index contributed by atoms with van der Waals surface area (Å²) >= 11 is 0. The molecular weight excluding hydrogens is 434 g/mol. The molecule has 6 rings (SSSR count). The molecule has 7 heteroatoms. The number of rotatable bonds is 1. The van der Waals surface area contributed by atoms with E-state index in [9.17, 15) is 0 Å². The molecule has 188 valence electrons. The van der Waals surface area contributed by atoms with E-state index < -0.39 is 0 Å². The summed E-state index contributed by atoms with van der Waals surface area (Å²) < 4.78 is 2.45. The highest BCUT2D eigenvalue weighted by Crippen LogP contribution is 2.41. The lowest BCUT2D eigenvalue weighted by atomic mass is 9.80. The summed E-state index contributed by atoms with van der Waals surface area (Å²) in [7, 11) is 0. The Morgan fingerprint density at radius 1 is 0.971 bits per heavy atom. The van der Waals surface area contributed by atoms with Crippen LogP contribution in [-0.2, 0) is 5.54 Å². The van der Waals surface area contributed by atoms with Crippen molar-refractivity contribution in [3.8, 4) is 0 Å². The summed E-state index contributed by atoms with van der Waals surface area (Å²) in [6.45, 7) is 17.5. The SMILES string of the molecule is C=C1NCC2(CCCCC2)n2c1cc1cnc(C)nc12.CC.Cc1ccc(N2CCNCC2)cn1. The van der Waals surface area contributed by atoms with E-state index in [-0.39, 0.29) is 5.54 Å². The van der Waals surface area contributed by atoms with Crippen LogP contribution < -0.4 is 15.5 Å². The van der Waals surface area contributed by atoms with Crippen molar-refractivity contribution in [2.45, 2.75) is 65.3 Å². The van der Waals surface area contributed by atoms with Crippen molar-refractivity contribution in [1.29, 1.82) is 0 Å². The largest absolute Gasteiger partial charge is 0.381 e. The fraction of sp³-hybridized carbons (Fsp3) is 0.536. The average molecular weight is 476 g/mol. The van der Waals surface area contributed by atoms with Gasteiger partial charge in [-0.3, -0.25) is 4.98 Å². The number of nitrogens with one attached hydrogen (secondary N) is 2. The summed E-state index contributed by atoms with van der Waals surface area (Å²) in [5.74, 6) is 0.841. The molecule has 3 aromatic heterocycles. The van der Waals surface area contributed by atoms with Crippen LogP contribution in [0.2, 0.25) is 0 Å². The van der Waals surface area contributed by atoms with Crippen molar-refractivity contribution < 1.29 is 0 Å². The molecule has 1 aliphatic carbocycles. The van der Waals surface area contributed by atoms with E-state index in [1.54, 1.807) is 0 Å². The fourth-order valence-electron chi connectivity index (χ4n) is 5.40. The molecule has 5 heterocycles. The molecule has 2 N–H and O–H groups in total. The van der Waals surface area contributed by atoms with E-state index in [0.717, 1.165) is 61.0 Å². The van der Waals surface area contributed by atoms with Crippen LogP contribution in [0, 0.1) is 13.8 Å². The highest BCUT2D eigenvalue weighted by Gasteiger charge is 2.39. The topological polar surface area (TPSA) is 70.9 Å². The summed E-state index contributed by atoms with van der Waals surface area (Å²) in [5.41, 5.74) is 5.78. The van der Waals surface area contributed by atoms with Gasteiger partial charge in [-0.2, -0.15) is 0 Å². The predicted octanol–water partition coefficient (Wildman–Crippen LogP) is 4.80. The number of pyridine rings is 1. The molecule has 1 saturated heterocycles. The Morgan fingerprint density at radius 3 is 2.40 bits per heavy atom. The molecule has 0 radical (unpaired) electrons. The molecule has 3 aliphatic rings. The minimum Gasteiger partial charge on any atom is -0.381 e. The number of aryl methyl sites for hydroxylation is 2. The van der Waals surface area contributed by atoms with Gasteiger partial charge in [-0.1, -0.05) is 39.7 Å². The van der Waals surface area contributed by atoms with Crippen molar-refractivity contribution >= 4 is 22.4 Å². The maximum Gasteiger partial charge on any atom is 0.144 e. The number of fused-ring (bicyclic) bond motifs is 4. The van der Waals surface area contributed by atoms with Gasteiger partial charge in [0.15, 0.2) is 0 Å². The van der Waals surface area contributed by atoms with Gasteiger partial charge in [-0.05, 0) is 44.9 Å². The number of piperazine rings is 1. The molecule has 0 atom stereocenters. The minimum atomic E-state index is 0.178. The molecule has 3 aromatic rings. The van der Waals surface area contributed by atoms with Crippen molar-refractivity contribution in [2.24, 2.45) is 0 Å². The van der Waals surface area contributed by atoms with Crippen LogP contribution in [0.25, 0.3) is 16.7 Å². The molecular formula is C28H41N7. The molecule has 2 fully saturated rings. The van der Waals surface area contributed by atoms with Gasteiger partial charge in [0.1, 0.15) is 11.5 Å². The van der Waals surface area contributed by atoms with Gasteiger partial charge in [0.2, 0.25) is 0 Å². The van der Waals surface area contributed by atoms with E-state index in [1.165, 1.54) is 43.5 Å². The second-order valence-electron chi connectivity index (χ2n) is 9.57. The van der Waals surface area contributed by atoms with Gasteiger partial charge >= 0.3 is 0 Å². The molecule has 2 aliphatic heterocycles. The first kappa shape index (κ1) is 25.2. The maximum absolute atomic E-state index is 4.72. The van der Waals surface area contributed by atoms with Gasteiger partial charge < -0.3 is 20.1 Å². The van der Waals surface area contributed by atoms with Crippen molar-refractivity contribution in [2.75, 3.05) is 37.6 Å². The maximum atomic E-state index is 4.72. The van der Waals surface area contributed by atoms with E-state index in [4.69, 9.17) is 4.98 Å². The Morgan fingerprint density at radius 2 is 1.71 bits per heavy atom. The summed E-state index contributed by atoms with van der Waals surface area (Å²) in [5, 5.41) is 7.97. The van der Waals surface area contributed by atoms with Gasteiger partial charge in [0.05, 0.1) is 28.8 Å². The van der Waals surface area contributed by atoms with Crippen LogP contribution in [0.1, 0.15) is 63.2 Å². The van der Waals surface area contributed by atoms with Crippen LogP contribution in [0.15, 0.2) is 37.2 Å². The van der Waals surface area contributed by atoms with Crippen LogP contribution in [0.3, 0.4) is 0 Å². The van der Waals surface area contributed by atoms with E-state index in [1.807, 2.05) is 40.1 Å². The first-order valence-corrected chi connectivity index (χ1v) is 13.2. The molecule has 1 saturated carbocycles. The monoisotopic (exact) mass is 475 g/mol. The Bertz CT molecular complexity index is 1120. The molecule has 0 bridgehead atoms. The highest BCUT2D eigenvalue weighted by molar-refractivity contribution is 5.83. The number of hydrogen-bond acceptors (Lipinski definition) is 6. The minimum absolute atomic E-state index is 0.178. The smallest absolute Gasteiger partial charge is 0.144 e. The standard InChI is InChI=1S/C16H20N4.C10H15N3.C2H6/c1-11-14-8-13-9-17-12(2)19-15(13)20(14)16(10-18-11)6-4-3-5-7-16;1-9-2-3-10(8-12-9)13-6-4-11-5-7-13;1-2/h8-9,18H,1,3-7,10H2,2H3;2-3,8,11H,4-7H2,1H3;1-2H3. The van der Waals surface area contributed by atoms with Crippen molar-refractivity contribution in [3.05, 3.63) is 54.4 Å². The second-order valence-corrected chi connectivity index (χ2v) is 9.57. The van der Waals surface area contributed by atoms with Crippen molar-refractivity contribution in [1.82, 2.24) is 30.2 Å². The number of anilines is 1. The van der Waals surface area contributed by atoms with E-state index in [0.29, 0.717) is 0 Å². The van der Waals surface area contributed by atoms with Gasteiger partial charge in [-0.15, -0.1) is 0 Å². The van der Waals surface area contributed by atoms with Crippen LogP contribution in [0.4, 0.5) is 5.69 Å². The molecule has 35 heavy (non-hydrogen) atoms. The average Bonchev–Trinajstić information content (AvgIpc) is 3.30. The normalized spacial score (nSPS) is 18.6. The zero-order valence-electron chi connectivity index (χ0n) is 21.9. The Labute approximate surface area is 210 Å². The first-order valence-electron chi connectivity index (χ1n) is 13.2. The lowest BCUT2D eigenvalue weighted by Crippen LogP contribution is -2.48. The summed E-state index contributed by atoms with van der Waals surface area (Å²) in [6, 6.07) is 6.39. The third kappa shape index (κ3) is 5.35. The van der Waals surface area contributed by atoms with Gasteiger partial charge in [0, 0.05) is 50.0 Å². The number of nitrogens with zero attached hydrogens (tertiary/aromatic N) is 5. The fourth-order valence-corrected chi connectivity index (χ4v) is 5.40. The molecule has 7 nitrogen and oxygen atoms in total. The van der Waals surface area contributed by atoms with Crippen LogP contribution in [0.5, 0.6) is 0 Å². The number of aromatic nitrogens is 4. The molecule has 0 unspecified atom stereocenters.